The molecule has 0 bridgehead atoms. The van der Waals surface area contributed by atoms with Crippen LogP contribution in [-0.4, -0.2) is 22.5 Å². The molecule has 6 nitrogen and oxygen atoms in total. The number of fused-ring (bicyclic) bond motifs is 1. The van der Waals surface area contributed by atoms with Crippen LogP contribution in [0.2, 0.25) is 0 Å². The second-order valence-corrected chi connectivity index (χ2v) is 7.30. The summed E-state index contributed by atoms with van der Waals surface area (Å²) in [7, 11) is 0. The maximum atomic E-state index is 5.82. The molecule has 27 heavy (non-hydrogen) atoms. The van der Waals surface area contributed by atoms with E-state index in [2.05, 4.69) is 64.6 Å². The number of rotatable bonds is 5. The maximum Gasteiger partial charge on any atom is 0.213 e. The lowest BCUT2D eigenvalue weighted by Gasteiger charge is -2.13. The van der Waals surface area contributed by atoms with Crippen LogP contribution in [0.4, 0.5) is 0 Å². The van der Waals surface area contributed by atoms with Gasteiger partial charge in [-0.2, -0.15) is 0 Å². The SMILES string of the molecule is CCNC(=NCc1cc2ccccc2[nH]1)NCc1ncc(C(C)(C)C)o1.I. The standard InChI is InChI=1S/C20H27N5O.HI/c1-5-21-19(24-13-18-22-12-17(26-18)20(2,3)4)23-11-15-10-14-8-6-7-9-16(14)25-15;/h6-10,12,25H,5,11,13H2,1-4H3,(H2,21,23,24);1H. The zero-order valence-electron chi connectivity index (χ0n) is 16.3. The van der Waals surface area contributed by atoms with Gasteiger partial charge in [-0.15, -0.1) is 24.0 Å². The van der Waals surface area contributed by atoms with E-state index in [9.17, 15) is 0 Å². The normalized spacial score (nSPS) is 12.1. The highest BCUT2D eigenvalue weighted by Crippen LogP contribution is 2.22. The molecule has 2 heterocycles. The van der Waals surface area contributed by atoms with E-state index in [0.717, 1.165) is 29.5 Å². The van der Waals surface area contributed by atoms with Crippen LogP contribution in [0, 0.1) is 0 Å². The smallest absolute Gasteiger partial charge is 0.213 e. The monoisotopic (exact) mass is 481 g/mol. The van der Waals surface area contributed by atoms with Crippen molar-refractivity contribution in [3.63, 3.8) is 0 Å². The lowest BCUT2D eigenvalue weighted by atomic mass is 9.94. The third kappa shape index (κ3) is 5.72. The number of benzene rings is 1. The number of halogens is 1. The van der Waals surface area contributed by atoms with E-state index >= 15 is 0 Å². The molecule has 0 aliphatic carbocycles. The van der Waals surface area contributed by atoms with Crippen molar-refractivity contribution in [2.24, 2.45) is 4.99 Å². The number of H-pyrrole nitrogens is 1. The minimum Gasteiger partial charge on any atom is -0.443 e. The molecule has 0 aliphatic rings. The van der Waals surface area contributed by atoms with E-state index in [-0.39, 0.29) is 29.4 Å². The summed E-state index contributed by atoms with van der Waals surface area (Å²) in [6, 6.07) is 10.4. The van der Waals surface area contributed by atoms with Crippen LogP contribution in [0.1, 0.15) is 45.0 Å². The van der Waals surface area contributed by atoms with Crippen LogP contribution in [0.25, 0.3) is 10.9 Å². The van der Waals surface area contributed by atoms with Gasteiger partial charge in [-0.25, -0.2) is 9.98 Å². The first kappa shape index (κ1) is 21.3. The molecular formula is C20H28IN5O. The zero-order chi connectivity index (χ0) is 18.6. The van der Waals surface area contributed by atoms with Crippen LogP contribution < -0.4 is 10.6 Å². The van der Waals surface area contributed by atoms with Gasteiger partial charge in [-0.05, 0) is 24.4 Å². The molecule has 0 fully saturated rings. The molecule has 0 atom stereocenters. The van der Waals surface area contributed by atoms with Gasteiger partial charge >= 0.3 is 0 Å². The van der Waals surface area contributed by atoms with Crippen molar-refractivity contribution in [1.29, 1.82) is 0 Å². The molecule has 0 aliphatic heterocycles. The van der Waals surface area contributed by atoms with Crippen molar-refractivity contribution in [1.82, 2.24) is 20.6 Å². The molecule has 3 N–H and O–H groups in total. The Labute approximate surface area is 177 Å². The zero-order valence-corrected chi connectivity index (χ0v) is 18.6. The topological polar surface area (TPSA) is 78.2 Å². The molecule has 0 radical (unpaired) electrons. The Hall–Kier alpha value is -2.03. The van der Waals surface area contributed by atoms with Gasteiger partial charge in [0.05, 0.1) is 19.3 Å². The molecule has 0 saturated heterocycles. The van der Waals surface area contributed by atoms with E-state index in [4.69, 9.17) is 4.42 Å². The van der Waals surface area contributed by atoms with Gasteiger partial charge in [0, 0.05) is 23.2 Å². The van der Waals surface area contributed by atoms with Gasteiger partial charge in [-0.3, -0.25) is 0 Å². The molecule has 0 amide bonds. The molecule has 0 unspecified atom stereocenters. The van der Waals surface area contributed by atoms with E-state index in [1.54, 1.807) is 6.20 Å². The quantitative estimate of drug-likeness (QED) is 0.288. The second kappa shape index (κ2) is 9.25. The number of para-hydroxylation sites is 1. The van der Waals surface area contributed by atoms with E-state index in [1.807, 2.05) is 19.1 Å². The molecule has 3 rings (SSSR count). The van der Waals surface area contributed by atoms with Crippen LogP contribution in [-0.2, 0) is 18.5 Å². The number of guanidine groups is 1. The molecular weight excluding hydrogens is 453 g/mol. The summed E-state index contributed by atoms with van der Waals surface area (Å²) in [5.41, 5.74) is 2.17. The van der Waals surface area contributed by atoms with Crippen LogP contribution in [0.5, 0.6) is 0 Å². The van der Waals surface area contributed by atoms with Crippen molar-refractivity contribution in [3.8, 4) is 0 Å². The highest BCUT2D eigenvalue weighted by atomic mass is 127. The summed E-state index contributed by atoms with van der Waals surface area (Å²) in [4.78, 5) is 12.4. The lowest BCUT2D eigenvalue weighted by Crippen LogP contribution is -2.36. The molecule has 0 saturated carbocycles. The third-order valence-corrected chi connectivity index (χ3v) is 4.04. The average molecular weight is 481 g/mol. The summed E-state index contributed by atoms with van der Waals surface area (Å²) in [6.45, 7) is 10.2. The number of aliphatic imine (C=N–C) groups is 1. The van der Waals surface area contributed by atoms with Crippen molar-refractivity contribution < 1.29 is 4.42 Å². The number of aromatic nitrogens is 2. The lowest BCUT2D eigenvalue weighted by molar-refractivity contribution is 0.379. The number of hydrogen-bond donors (Lipinski definition) is 3. The Morgan fingerprint density at radius 3 is 2.67 bits per heavy atom. The van der Waals surface area contributed by atoms with Gasteiger partial charge in [0.15, 0.2) is 5.96 Å². The number of nitrogens with zero attached hydrogens (tertiary/aromatic N) is 2. The predicted octanol–water partition coefficient (Wildman–Crippen LogP) is 4.33. The minimum absolute atomic E-state index is 0. The Balaban J connectivity index is 0.00000261. The van der Waals surface area contributed by atoms with Crippen LogP contribution in [0.3, 0.4) is 0 Å². The Morgan fingerprint density at radius 2 is 2.00 bits per heavy atom. The molecule has 146 valence electrons. The van der Waals surface area contributed by atoms with Gasteiger partial charge in [0.25, 0.3) is 0 Å². The maximum absolute atomic E-state index is 5.82. The van der Waals surface area contributed by atoms with Gasteiger partial charge < -0.3 is 20.0 Å². The summed E-state index contributed by atoms with van der Waals surface area (Å²) in [5.74, 6) is 2.28. The Bertz CT molecular complexity index is 858. The molecule has 3 aromatic rings. The number of hydrogen-bond acceptors (Lipinski definition) is 3. The predicted molar refractivity (Wildman–Crippen MR) is 121 cm³/mol. The van der Waals surface area contributed by atoms with E-state index in [0.29, 0.717) is 19.0 Å². The van der Waals surface area contributed by atoms with Crippen molar-refractivity contribution in [2.75, 3.05) is 6.54 Å². The summed E-state index contributed by atoms with van der Waals surface area (Å²) >= 11 is 0. The van der Waals surface area contributed by atoms with Crippen molar-refractivity contribution in [3.05, 3.63) is 53.9 Å². The summed E-state index contributed by atoms with van der Waals surface area (Å²) < 4.78 is 5.82. The van der Waals surface area contributed by atoms with Gasteiger partial charge in [0.1, 0.15) is 5.76 Å². The van der Waals surface area contributed by atoms with E-state index in [1.165, 1.54) is 5.39 Å². The average Bonchev–Trinajstić information content (AvgIpc) is 3.23. The number of oxazole rings is 1. The van der Waals surface area contributed by atoms with Crippen LogP contribution >= 0.6 is 24.0 Å². The molecule has 2 aromatic heterocycles. The number of aromatic amines is 1. The van der Waals surface area contributed by atoms with Gasteiger partial charge in [0.2, 0.25) is 5.89 Å². The first-order valence-corrected chi connectivity index (χ1v) is 8.99. The van der Waals surface area contributed by atoms with Crippen molar-refractivity contribution >= 4 is 40.8 Å². The molecule has 1 aromatic carbocycles. The first-order chi connectivity index (χ1) is 12.5. The molecule has 0 spiro atoms. The first-order valence-electron chi connectivity index (χ1n) is 8.99. The fourth-order valence-electron chi connectivity index (χ4n) is 2.62. The molecule has 7 heteroatoms. The Kier molecular flexibility index (Phi) is 7.29. The minimum atomic E-state index is -0.0422. The fraction of sp³-hybridized carbons (Fsp3) is 0.400. The summed E-state index contributed by atoms with van der Waals surface area (Å²) in [6.07, 6.45) is 1.80. The van der Waals surface area contributed by atoms with Crippen LogP contribution in [0.15, 0.2) is 45.9 Å². The Morgan fingerprint density at radius 1 is 1.22 bits per heavy atom. The van der Waals surface area contributed by atoms with E-state index < -0.39 is 0 Å². The van der Waals surface area contributed by atoms with Gasteiger partial charge in [-0.1, -0.05) is 39.0 Å². The highest BCUT2D eigenvalue weighted by molar-refractivity contribution is 14.0. The second-order valence-electron chi connectivity index (χ2n) is 7.30. The number of nitrogens with one attached hydrogen (secondary N) is 3. The summed E-state index contributed by atoms with van der Waals surface area (Å²) in [5, 5.41) is 7.72. The van der Waals surface area contributed by atoms with Crippen molar-refractivity contribution in [2.45, 2.75) is 46.2 Å². The fourth-order valence-corrected chi connectivity index (χ4v) is 2.62. The highest BCUT2D eigenvalue weighted by Gasteiger charge is 2.19. The largest absolute Gasteiger partial charge is 0.443 e. The third-order valence-electron chi connectivity index (χ3n) is 4.04.